The van der Waals surface area contributed by atoms with E-state index in [1.54, 1.807) is 6.07 Å². The molecule has 0 radical (unpaired) electrons. The van der Waals surface area contributed by atoms with Gasteiger partial charge in [0.15, 0.2) is 5.71 Å². The molecule has 1 aliphatic heterocycles. The Kier molecular flexibility index (Phi) is 6.24. The molecule has 2 aromatic rings. The van der Waals surface area contributed by atoms with Crippen LogP contribution in [0.1, 0.15) is 52.0 Å². The second kappa shape index (κ2) is 8.22. The van der Waals surface area contributed by atoms with Crippen LogP contribution in [0.2, 0.25) is 0 Å². The molecular weight excluding hydrogens is 458 g/mol. The molecule has 32 heavy (non-hydrogen) atoms. The molecule has 0 aromatic heterocycles. The fraction of sp³-hybridized carbons (Fsp3) is 0.429. The SMILES string of the molecule is CC1=[N+](CCCCCC(=O)O)c2ccc3c(S(=O)(=O)[O-])cc(S(=O)(=O)O)cc3c2C1(C)C. The normalized spacial score (nSPS) is 15.9. The summed E-state index contributed by atoms with van der Waals surface area (Å²) < 4.78 is 70.8. The Labute approximate surface area is 186 Å². The first-order chi connectivity index (χ1) is 14.7. The molecule has 0 spiro atoms. The number of hydrogen-bond acceptors (Lipinski definition) is 6. The maximum atomic E-state index is 11.9. The van der Waals surface area contributed by atoms with Gasteiger partial charge in [0.05, 0.1) is 15.2 Å². The minimum absolute atomic E-state index is 0.0929. The summed E-state index contributed by atoms with van der Waals surface area (Å²) in [5.74, 6) is -0.842. The predicted octanol–water partition coefficient (Wildman–Crippen LogP) is 3.03. The van der Waals surface area contributed by atoms with Gasteiger partial charge in [-0.25, -0.2) is 8.42 Å². The van der Waals surface area contributed by atoms with E-state index < -0.39 is 41.4 Å². The molecule has 0 saturated carbocycles. The minimum atomic E-state index is -5.02. The van der Waals surface area contributed by atoms with Crippen molar-refractivity contribution in [3.05, 3.63) is 29.8 Å². The second-order valence-electron chi connectivity index (χ2n) is 8.47. The Morgan fingerprint density at radius 3 is 2.28 bits per heavy atom. The topological polar surface area (TPSA) is 152 Å². The Bertz CT molecular complexity index is 1360. The van der Waals surface area contributed by atoms with E-state index in [9.17, 15) is 30.7 Å². The first-order valence-electron chi connectivity index (χ1n) is 10.0. The number of benzene rings is 2. The molecule has 0 aliphatic carbocycles. The van der Waals surface area contributed by atoms with Crippen molar-refractivity contribution in [2.75, 3.05) is 6.54 Å². The molecule has 0 amide bonds. The third-order valence-electron chi connectivity index (χ3n) is 6.11. The number of fused-ring (bicyclic) bond motifs is 3. The van der Waals surface area contributed by atoms with E-state index in [-0.39, 0.29) is 17.2 Å². The number of rotatable bonds is 8. The lowest BCUT2D eigenvalue weighted by Crippen LogP contribution is -2.27. The molecule has 174 valence electrons. The molecule has 1 aliphatic rings. The van der Waals surface area contributed by atoms with Crippen LogP contribution in [0.15, 0.2) is 34.1 Å². The smallest absolute Gasteiger partial charge is 0.303 e. The Morgan fingerprint density at radius 2 is 1.72 bits per heavy atom. The van der Waals surface area contributed by atoms with E-state index in [0.717, 1.165) is 17.8 Å². The van der Waals surface area contributed by atoms with Gasteiger partial charge in [0.1, 0.15) is 16.7 Å². The van der Waals surface area contributed by atoms with Crippen molar-refractivity contribution in [2.24, 2.45) is 0 Å². The van der Waals surface area contributed by atoms with Crippen LogP contribution < -0.4 is 0 Å². The van der Waals surface area contributed by atoms with Crippen molar-refractivity contribution in [1.82, 2.24) is 0 Å². The molecule has 3 rings (SSSR count). The molecule has 11 heteroatoms. The summed E-state index contributed by atoms with van der Waals surface area (Å²) in [7, 11) is -9.77. The van der Waals surface area contributed by atoms with Gasteiger partial charge in [-0.3, -0.25) is 9.35 Å². The minimum Gasteiger partial charge on any atom is -0.744 e. The van der Waals surface area contributed by atoms with Gasteiger partial charge in [-0.15, -0.1) is 0 Å². The summed E-state index contributed by atoms with van der Waals surface area (Å²) in [6, 6.07) is 5.06. The van der Waals surface area contributed by atoms with E-state index in [4.69, 9.17) is 5.11 Å². The molecule has 0 saturated heterocycles. The summed E-state index contributed by atoms with van der Waals surface area (Å²) in [5, 5.41) is 9.15. The summed E-state index contributed by atoms with van der Waals surface area (Å²) in [6.45, 7) is 6.34. The third kappa shape index (κ3) is 4.42. The average Bonchev–Trinajstić information content (AvgIpc) is 2.85. The number of aliphatic carboxylic acids is 1. The second-order valence-corrected chi connectivity index (χ2v) is 11.2. The van der Waals surface area contributed by atoms with Gasteiger partial charge < -0.3 is 9.66 Å². The first kappa shape index (κ1) is 24.3. The maximum Gasteiger partial charge on any atom is 0.303 e. The molecule has 0 fully saturated rings. The standard InChI is InChI=1S/C21H25NO8S2/c1-13-21(2,3)20-16-11-14(31(25,26)27)12-18(32(28,29)30)15(16)8-9-17(20)22(13)10-6-4-5-7-19(23)24/h8-9,11-12H,4-7,10H2,1-3H3,(H2-,23,24,25,26,27,28,29,30). The van der Waals surface area contributed by atoms with E-state index >= 15 is 0 Å². The van der Waals surface area contributed by atoms with Crippen molar-refractivity contribution in [2.45, 2.75) is 61.7 Å². The number of nitrogens with zero attached hydrogens (tertiary/aromatic N) is 1. The van der Waals surface area contributed by atoms with Crippen molar-refractivity contribution >= 4 is 48.4 Å². The van der Waals surface area contributed by atoms with Crippen LogP contribution in [0.5, 0.6) is 0 Å². The van der Waals surface area contributed by atoms with Crippen LogP contribution in [-0.2, 0) is 30.4 Å². The van der Waals surface area contributed by atoms with Gasteiger partial charge in [-0.2, -0.15) is 13.0 Å². The lowest BCUT2D eigenvalue weighted by Gasteiger charge is -2.19. The van der Waals surface area contributed by atoms with Gasteiger partial charge in [-0.05, 0) is 50.3 Å². The highest BCUT2D eigenvalue weighted by Gasteiger charge is 2.44. The van der Waals surface area contributed by atoms with E-state index in [1.165, 1.54) is 12.1 Å². The Hall–Kier alpha value is -2.34. The third-order valence-corrected chi connectivity index (χ3v) is 7.82. The lowest BCUT2D eigenvalue weighted by atomic mass is 9.80. The quantitative estimate of drug-likeness (QED) is 0.330. The average molecular weight is 484 g/mol. The summed E-state index contributed by atoms with van der Waals surface area (Å²) in [5.41, 5.74) is 1.74. The monoisotopic (exact) mass is 483 g/mol. The number of carboxylic acids is 1. The fourth-order valence-corrected chi connectivity index (χ4v) is 5.64. The van der Waals surface area contributed by atoms with Crippen LogP contribution in [0.4, 0.5) is 5.69 Å². The summed E-state index contributed by atoms with van der Waals surface area (Å²) in [6.07, 6.45) is 2.09. The molecule has 0 unspecified atom stereocenters. The molecule has 0 atom stereocenters. The highest BCUT2D eigenvalue weighted by molar-refractivity contribution is 7.86. The molecule has 2 N–H and O–H groups in total. The molecular formula is C21H25NO8S2. The number of hydrogen-bond donors (Lipinski definition) is 2. The zero-order valence-corrected chi connectivity index (χ0v) is 19.6. The van der Waals surface area contributed by atoms with Crippen LogP contribution in [0.25, 0.3) is 10.8 Å². The lowest BCUT2D eigenvalue weighted by molar-refractivity contribution is -0.439. The Morgan fingerprint density at radius 1 is 1.06 bits per heavy atom. The van der Waals surface area contributed by atoms with E-state index in [1.807, 2.05) is 25.3 Å². The number of carbonyl (C=O) groups is 1. The molecule has 9 nitrogen and oxygen atoms in total. The zero-order chi connectivity index (χ0) is 24.1. The Balaban J connectivity index is 2.18. The number of carboxylic acid groups (broad SMARTS) is 1. The molecule has 1 heterocycles. The largest absolute Gasteiger partial charge is 0.744 e. The summed E-state index contributed by atoms with van der Waals surface area (Å²) in [4.78, 5) is 9.34. The first-order valence-corrected chi connectivity index (χ1v) is 12.9. The predicted molar refractivity (Wildman–Crippen MR) is 116 cm³/mol. The van der Waals surface area contributed by atoms with Gasteiger partial charge in [0.2, 0.25) is 5.69 Å². The maximum absolute atomic E-state index is 11.9. The fourth-order valence-electron chi connectivity index (χ4n) is 4.31. The summed E-state index contributed by atoms with van der Waals surface area (Å²) >= 11 is 0. The van der Waals surface area contributed by atoms with Crippen LogP contribution in [0.3, 0.4) is 0 Å². The number of unbranched alkanes of at least 4 members (excludes halogenated alkanes) is 2. The van der Waals surface area contributed by atoms with Gasteiger partial charge in [-0.1, -0.05) is 0 Å². The van der Waals surface area contributed by atoms with Crippen molar-refractivity contribution in [3.8, 4) is 0 Å². The van der Waals surface area contributed by atoms with Crippen LogP contribution in [0, 0.1) is 0 Å². The van der Waals surface area contributed by atoms with Gasteiger partial charge in [0.25, 0.3) is 10.1 Å². The van der Waals surface area contributed by atoms with Gasteiger partial charge >= 0.3 is 5.97 Å². The van der Waals surface area contributed by atoms with Gasteiger partial charge in [0, 0.05) is 36.8 Å². The van der Waals surface area contributed by atoms with Crippen molar-refractivity contribution in [1.29, 1.82) is 0 Å². The molecule has 0 bridgehead atoms. The van der Waals surface area contributed by atoms with Crippen LogP contribution >= 0.6 is 0 Å². The van der Waals surface area contributed by atoms with Crippen molar-refractivity contribution < 1.29 is 40.4 Å². The highest BCUT2D eigenvalue weighted by Crippen LogP contribution is 2.45. The zero-order valence-electron chi connectivity index (χ0n) is 18.0. The van der Waals surface area contributed by atoms with E-state index in [2.05, 4.69) is 0 Å². The van der Waals surface area contributed by atoms with Crippen LogP contribution in [-0.4, -0.2) is 53.8 Å². The van der Waals surface area contributed by atoms with Crippen molar-refractivity contribution in [3.63, 3.8) is 0 Å². The van der Waals surface area contributed by atoms with E-state index in [0.29, 0.717) is 31.0 Å². The highest BCUT2D eigenvalue weighted by atomic mass is 32.2. The molecule has 2 aromatic carbocycles.